The molecule has 0 fully saturated rings. The third kappa shape index (κ3) is 6.29. The van der Waals surface area contributed by atoms with E-state index in [0.29, 0.717) is 13.1 Å². The number of carbonyl (C=O) groups excluding carboxylic acids is 1. The summed E-state index contributed by atoms with van der Waals surface area (Å²) < 4.78 is 5.34. The Morgan fingerprint density at radius 3 is 2.41 bits per heavy atom. The van der Waals surface area contributed by atoms with E-state index in [2.05, 4.69) is 46.7 Å². The van der Waals surface area contributed by atoms with Crippen molar-refractivity contribution < 1.29 is 9.53 Å². The highest BCUT2D eigenvalue weighted by molar-refractivity contribution is 5.73. The van der Waals surface area contributed by atoms with Crippen molar-refractivity contribution in [1.82, 2.24) is 15.5 Å². The van der Waals surface area contributed by atoms with Crippen molar-refractivity contribution in [3.8, 4) is 5.75 Å². The van der Waals surface area contributed by atoms with Gasteiger partial charge < -0.3 is 20.3 Å². The van der Waals surface area contributed by atoms with Crippen molar-refractivity contribution in [1.29, 1.82) is 0 Å². The second-order valence-electron chi connectivity index (χ2n) is 6.77. The fraction of sp³-hybridized carbons (Fsp3) is 0.409. The molecule has 146 valence electrons. The Bertz CT molecular complexity index is 714. The molecule has 2 aromatic carbocycles. The summed E-state index contributed by atoms with van der Waals surface area (Å²) in [7, 11) is 5.72. The van der Waals surface area contributed by atoms with E-state index in [0.717, 1.165) is 24.2 Å². The Morgan fingerprint density at radius 1 is 1.07 bits per heavy atom. The molecule has 5 heteroatoms. The molecule has 0 aliphatic heterocycles. The normalized spacial score (nSPS) is 11.9. The first-order chi connectivity index (χ1) is 13.0. The molecule has 0 saturated heterocycles. The molecule has 0 spiro atoms. The molecule has 0 aromatic heterocycles. The van der Waals surface area contributed by atoms with Crippen LogP contribution in [-0.4, -0.2) is 45.2 Å². The molecule has 2 aromatic rings. The minimum atomic E-state index is -0.151. The number of hydrogen-bond donors (Lipinski definition) is 2. The second-order valence-corrected chi connectivity index (χ2v) is 6.77. The number of para-hydroxylation sites is 1. The summed E-state index contributed by atoms with van der Waals surface area (Å²) in [4.78, 5) is 14.3. The van der Waals surface area contributed by atoms with Crippen molar-refractivity contribution >= 4 is 6.03 Å². The highest BCUT2D eigenvalue weighted by Gasteiger charge is 2.15. The summed E-state index contributed by atoms with van der Waals surface area (Å²) >= 11 is 0. The predicted octanol–water partition coefficient (Wildman–Crippen LogP) is 3.40. The topological polar surface area (TPSA) is 53.6 Å². The molecular formula is C22H31N3O2. The number of benzene rings is 2. The Balaban J connectivity index is 1.83. The minimum Gasteiger partial charge on any atom is -0.496 e. The molecule has 5 nitrogen and oxygen atoms in total. The van der Waals surface area contributed by atoms with Gasteiger partial charge in [0.15, 0.2) is 0 Å². The van der Waals surface area contributed by atoms with Crippen LogP contribution in [-0.2, 0) is 12.8 Å². The maximum Gasteiger partial charge on any atom is 0.314 e. The number of aryl methyl sites for hydroxylation is 1. The van der Waals surface area contributed by atoms with Gasteiger partial charge in [-0.2, -0.15) is 0 Å². The van der Waals surface area contributed by atoms with Crippen LogP contribution in [0.25, 0.3) is 0 Å². The number of urea groups is 1. The Labute approximate surface area is 162 Å². The van der Waals surface area contributed by atoms with Crippen LogP contribution in [0.2, 0.25) is 0 Å². The first kappa shape index (κ1) is 20.8. The SMILES string of the molecule is CCc1ccc(C(CNC(=O)NCCc2ccccc2OC)N(C)C)cc1. The molecule has 0 radical (unpaired) electrons. The molecule has 2 N–H and O–H groups in total. The van der Waals surface area contributed by atoms with E-state index in [4.69, 9.17) is 4.74 Å². The number of amides is 2. The van der Waals surface area contributed by atoms with E-state index in [1.165, 1.54) is 11.1 Å². The third-order valence-electron chi connectivity index (χ3n) is 4.72. The minimum absolute atomic E-state index is 0.135. The molecule has 0 saturated carbocycles. The van der Waals surface area contributed by atoms with Gasteiger partial charge in [-0.3, -0.25) is 0 Å². The van der Waals surface area contributed by atoms with E-state index >= 15 is 0 Å². The van der Waals surface area contributed by atoms with Crippen LogP contribution in [0.4, 0.5) is 4.79 Å². The average molecular weight is 370 g/mol. The van der Waals surface area contributed by atoms with Gasteiger partial charge in [-0.05, 0) is 49.7 Å². The van der Waals surface area contributed by atoms with Crippen LogP contribution in [0.5, 0.6) is 5.75 Å². The van der Waals surface area contributed by atoms with E-state index in [1.807, 2.05) is 38.4 Å². The Hall–Kier alpha value is -2.53. The predicted molar refractivity (Wildman–Crippen MR) is 110 cm³/mol. The van der Waals surface area contributed by atoms with Gasteiger partial charge in [0.25, 0.3) is 0 Å². The molecule has 1 atom stereocenters. The summed E-state index contributed by atoms with van der Waals surface area (Å²) in [6, 6.07) is 16.4. The molecule has 1 unspecified atom stereocenters. The number of carbonyl (C=O) groups is 1. The van der Waals surface area contributed by atoms with Crippen molar-refractivity contribution in [2.45, 2.75) is 25.8 Å². The highest BCUT2D eigenvalue weighted by atomic mass is 16.5. The van der Waals surface area contributed by atoms with E-state index < -0.39 is 0 Å². The van der Waals surface area contributed by atoms with Gasteiger partial charge in [-0.1, -0.05) is 49.4 Å². The molecule has 0 aliphatic rings. The average Bonchev–Trinajstić information content (AvgIpc) is 2.68. The number of rotatable bonds is 9. The first-order valence-electron chi connectivity index (χ1n) is 9.44. The second kappa shape index (κ2) is 10.6. The van der Waals surface area contributed by atoms with Crippen molar-refractivity contribution in [3.63, 3.8) is 0 Å². The first-order valence-corrected chi connectivity index (χ1v) is 9.44. The van der Waals surface area contributed by atoms with Crippen LogP contribution < -0.4 is 15.4 Å². The number of nitrogens with zero attached hydrogens (tertiary/aromatic N) is 1. The van der Waals surface area contributed by atoms with Gasteiger partial charge in [0, 0.05) is 13.1 Å². The monoisotopic (exact) mass is 369 g/mol. The molecule has 27 heavy (non-hydrogen) atoms. The summed E-state index contributed by atoms with van der Waals surface area (Å²) in [6.45, 7) is 3.26. The van der Waals surface area contributed by atoms with E-state index in [-0.39, 0.29) is 12.1 Å². The van der Waals surface area contributed by atoms with Gasteiger partial charge in [0.1, 0.15) is 5.75 Å². The Kier molecular flexibility index (Phi) is 8.14. The molecule has 0 bridgehead atoms. The largest absolute Gasteiger partial charge is 0.496 e. The van der Waals surface area contributed by atoms with Crippen molar-refractivity contribution in [2.24, 2.45) is 0 Å². The zero-order chi connectivity index (χ0) is 19.6. The number of hydrogen-bond acceptors (Lipinski definition) is 3. The lowest BCUT2D eigenvalue weighted by Gasteiger charge is -2.25. The van der Waals surface area contributed by atoms with Crippen molar-refractivity contribution in [2.75, 3.05) is 34.3 Å². The number of methoxy groups -OCH3 is 1. The zero-order valence-electron chi connectivity index (χ0n) is 16.8. The number of nitrogens with one attached hydrogen (secondary N) is 2. The van der Waals surface area contributed by atoms with Crippen LogP contribution >= 0.6 is 0 Å². The van der Waals surface area contributed by atoms with Crippen molar-refractivity contribution in [3.05, 3.63) is 65.2 Å². The smallest absolute Gasteiger partial charge is 0.314 e. The fourth-order valence-corrected chi connectivity index (χ4v) is 3.05. The molecule has 2 rings (SSSR count). The van der Waals surface area contributed by atoms with Crippen LogP contribution in [0.15, 0.2) is 48.5 Å². The highest BCUT2D eigenvalue weighted by Crippen LogP contribution is 2.19. The third-order valence-corrected chi connectivity index (χ3v) is 4.72. The van der Waals surface area contributed by atoms with Crippen LogP contribution in [0, 0.1) is 0 Å². The molecular weight excluding hydrogens is 338 g/mol. The summed E-state index contributed by atoms with van der Waals surface area (Å²) in [6.07, 6.45) is 1.76. The summed E-state index contributed by atoms with van der Waals surface area (Å²) in [5.74, 6) is 0.850. The van der Waals surface area contributed by atoms with Gasteiger partial charge in [-0.15, -0.1) is 0 Å². The standard InChI is InChI=1S/C22H31N3O2/c1-5-17-10-12-18(13-11-17)20(25(2)3)16-24-22(26)23-15-14-19-8-6-7-9-21(19)27-4/h6-13,20H,5,14-16H2,1-4H3,(H2,23,24,26). The summed E-state index contributed by atoms with van der Waals surface area (Å²) in [5.41, 5.74) is 3.60. The Morgan fingerprint density at radius 2 is 1.78 bits per heavy atom. The number of likely N-dealkylation sites (N-methyl/N-ethyl adjacent to an activating group) is 1. The van der Waals surface area contributed by atoms with Gasteiger partial charge >= 0.3 is 6.03 Å². The lowest BCUT2D eigenvalue weighted by molar-refractivity contribution is 0.233. The van der Waals surface area contributed by atoms with E-state index in [9.17, 15) is 4.79 Å². The van der Waals surface area contributed by atoms with Crippen LogP contribution in [0.3, 0.4) is 0 Å². The molecule has 0 aliphatic carbocycles. The quantitative estimate of drug-likeness (QED) is 0.712. The fourth-order valence-electron chi connectivity index (χ4n) is 3.05. The maximum atomic E-state index is 12.2. The lowest BCUT2D eigenvalue weighted by atomic mass is 10.0. The van der Waals surface area contributed by atoms with E-state index in [1.54, 1.807) is 7.11 Å². The van der Waals surface area contributed by atoms with Gasteiger partial charge in [0.2, 0.25) is 0 Å². The van der Waals surface area contributed by atoms with Crippen LogP contribution in [0.1, 0.15) is 29.7 Å². The zero-order valence-corrected chi connectivity index (χ0v) is 16.8. The number of ether oxygens (including phenoxy) is 1. The van der Waals surface area contributed by atoms with Gasteiger partial charge in [-0.25, -0.2) is 4.79 Å². The lowest BCUT2D eigenvalue weighted by Crippen LogP contribution is -2.41. The van der Waals surface area contributed by atoms with Gasteiger partial charge in [0.05, 0.1) is 13.2 Å². The molecule has 2 amide bonds. The summed E-state index contributed by atoms with van der Waals surface area (Å²) in [5, 5.41) is 5.91. The maximum absolute atomic E-state index is 12.2. The molecule has 0 heterocycles.